The largest absolute Gasteiger partial charge is 0.373 e. The van der Waals surface area contributed by atoms with Crippen LogP contribution in [0.4, 0.5) is 0 Å². The molecule has 2 unspecified atom stereocenters. The van der Waals surface area contributed by atoms with Crippen molar-refractivity contribution in [2.45, 2.75) is 32.3 Å². The molecule has 0 aromatic carbocycles. The summed E-state index contributed by atoms with van der Waals surface area (Å²) in [5.74, 6) is 0.134. The van der Waals surface area contributed by atoms with Crippen LogP contribution in [0.2, 0.25) is 0 Å². The molecule has 12 heavy (non-hydrogen) atoms. The summed E-state index contributed by atoms with van der Waals surface area (Å²) < 4.78 is 5.54. The number of nitrogens with zero attached hydrogens (tertiary/aromatic N) is 1. The van der Waals surface area contributed by atoms with Crippen molar-refractivity contribution >= 4 is 0 Å². The Morgan fingerprint density at radius 3 is 3.08 bits per heavy atom. The minimum Gasteiger partial charge on any atom is -0.373 e. The van der Waals surface area contributed by atoms with Crippen molar-refractivity contribution < 1.29 is 4.74 Å². The molecule has 2 atom stereocenters. The first kappa shape index (κ1) is 9.28. The van der Waals surface area contributed by atoms with E-state index in [1.54, 1.807) is 0 Å². The van der Waals surface area contributed by atoms with Gasteiger partial charge in [0.2, 0.25) is 0 Å². The van der Waals surface area contributed by atoms with Crippen LogP contribution in [-0.2, 0) is 4.74 Å². The summed E-state index contributed by atoms with van der Waals surface area (Å²) in [5.41, 5.74) is 0. The van der Waals surface area contributed by atoms with Crippen molar-refractivity contribution in [3.63, 3.8) is 0 Å². The molecular formula is C10H15NO. The number of allylic oxidation sites excluding steroid dienone is 1. The maximum atomic E-state index is 8.74. The molecule has 1 saturated carbocycles. The van der Waals surface area contributed by atoms with Crippen LogP contribution in [0.3, 0.4) is 0 Å². The normalized spacial score (nSPS) is 29.3. The first-order chi connectivity index (χ1) is 5.88. The molecule has 2 heteroatoms. The minimum atomic E-state index is 0.134. The predicted molar refractivity (Wildman–Crippen MR) is 47.5 cm³/mol. The van der Waals surface area contributed by atoms with E-state index >= 15 is 0 Å². The molecule has 0 bridgehead atoms. The zero-order valence-electron chi connectivity index (χ0n) is 7.49. The molecule has 1 rings (SSSR count). The first-order valence-corrected chi connectivity index (χ1v) is 4.51. The summed E-state index contributed by atoms with van der Waals surface area (Å²) in [6, 6.07) is 2.29. The maximum absolute atomic E-state index is 8.74. The number of hydrogen-bond donors (Lipinski definition) is 0. The summed E-state index contributed by atoms with van der Waals surface area (Å²) in [6.07, 6.45) is 7.33. The Balaban J connectivity index is 2.27. The minimum absolute atomic E-state index is 0.134. The molecule has 1 fully saturated rings. The van der Waals surface area contributed by atoms with Crippen molar-refractivity contribution in [2.24, 2.45) is 5.92 Å². The van der Waals surface area contributed by atoms with Crippen molar-refractivity contribution in [1.29, 1.82) is 5.26 Å². The number of rotatable bonds is 3. The van der Waals surface area contributed by atoms with E-state index < -0.39 is 0 Å². The summed E-state index contributed by atoms with van der Waals surface area (Å²) in [6.45, 7) is 2.62. The van der Waals surface area contributed by atoms with Crippen LogP contribution in [0, 0.1) is 17.2 Å². The molecule has 0 heterocycles. The van der Waals surface area contributed by atoms with Gasteiger partial charge in [-0.25, -0.2) is 0 Å². The zero-order valence-corrected chi connectivity index (χ0v) is 7.49. The average Bonchev–Trinajstić information content (AvgIpc) is 2.52. The van der Waals surface area contributed by atoms with Gasteiger partial charge in [0, 0.05) is 0 Å². The van der Waals surface area contributed by atoms with E-state index in [2.05, 4.69) is 6.07 Å². The quantitative estimate of drug-likeness (QED) is 0.601. The molecule has 0 aliphatic heterocycles. The Bertz CT molecular complexity index is 193. The summed E-state index contributed by atoms with van der Waals surface area (Å²) in [7, 11) is 0. The van der Waals surface area contributed by atoms with Crippen LogP contribution in [-0.4, -0.2) is 12.7 Å². The number of nitriles is 1. The topological polar surface area (TPSA) is 33.0 Å². The Kier molecular flexibility index (Phi) is 3.83. The second-order valence-electron chi connectivity index (χ2n) is 3.11. The van der Waals surface area contributed by atoms with E-state index in [0.29, 0.717) is 6.61 Å². The van der Waals surface area contributed by atoms with E-state index in [4.69, 9.17) is 10.00 Å². The van der Waals surface area contributed by atoms with E-state index in [1.165, 1.54) is 0 Å². The molecule has 2 nitrogen and oxygen atoms in total. The lowest BCUT2D eigenvalue weighted by atomic mass is 10.1. The van der Waals surface area contributed by atoms with Gasteiger partial charge in [0.05, 0.1) is 24.7 Å². The Morgan fingerprint density at radius 2 is 2.42 bits per heavy atom. The fourth-order valence-corrected chi connectivity index (χ4v) is 1.55. The van der Waals surface area contributed by atoms with Gasteiger partial charge in [-0.1, -0.05) is 12.2 Å². The van der Waals surface area contributed by atoms with Crippen molar-refractivity contribution in [3.05, 3.63) is 12.2 Å². The standard InChI is InChI=1S/C10H15NO/c1-2-3-7-12-10-6-4-5-9(10)8-11/h2-3,9-10H,4-7H2,1H3. The maximum Gasteiger partial charge on any atom is 0.0737 e. The van der Waals surface area contributed by atoms with Gasteiger partial charge in [-0.05, 0) is 26.2 Å². The molecule has 66 valence electrons. The van der Waals surface area contributed by atoms with Gasteiger partial charge in [0.25, 0.3) is 0 Å². The van der Waals surface area contributed by atoms with Gasteiger partial charge in [-0.15, -0.1) is 0 Å². The molecule has 0 amide bonds. The number of ether oxygens (including phenoxy) is 1. The van der Waals surface area contributed by atoms with Crippen LogP contribution in [0.25, 0.3) is 0 Å². The molecule has 0 aromatic rings. The molecule has 1 aliphatic rings. The van der Waals surface area contributed by atoms with Crippen molar-refractivity contribution in [3.8, 4) is 6.07 Å². The molecule has 1 aliphatic carbocycles. The van der Waals surface area contributed by atoms with Crippen LogP contribution >= 0.6 is 0 Å². The van der Waals surface area contributed by atoms with Crippen LogP contribution in [0.5, 0.6) is 0 Å². The molecule has 0 saturated heterocycles. The summed E-state index contributed by atoms with van der Waals surface area (Å²) >= 11 is 0. The van der Waals surface area contributed by atoms with Crippen molar-refractivity contribution in [1.82, 2.24) is 0 Å². The van der Waals surface area contributed by atoms with E-state index in [9.17, 15) is 0 Å². The third-order valence-electron chi connectivity index (χ3n) is 2.26. The highest BCUT2D eigenvalue weighted by Crippen LogP contribution is 2.27. The summed E-state index contributed by atoms with van der Waals surface area (Å²) in [4.78, 5) is 0. The fourth-order valence-electron chi connectivity index (χ4n) is 1.55. The molecule has 0 aromatic heterocycles. The SMILES string of the molecule is CC=CCOC1CCCC1C#N. The lowest BCUT2D eigenvalue weighted by Crippen LogP contribution is -2.16. The van der Waals surface area contributed by atoms with Gasteiger partial charge in [-0.3, -0.25) is 0 Å². The average molecular weight is 165 g/mol. The Hall–Kier alpha value is -0.810. The van der Waals surface area contributed by atoms with Crippen LogP contribution in [0.1, 0.15) is 26.2 Å². The van der Waals surface area contributed by atoms with Crippen LogP contribution < -0.4 is 0 Å². The Morgan fingerprint density at radius 1 is 1.58 bits per heavy atom. The smallest absolute Gasteiger partial charge is 0.0737 e. The number of hydrogen-bond acceptors (Lipinski definition) is 2. The third-order valence-corrected chi connectivity index (χ3v) is 2.26. The monoisotopic (exact) mass is 165 g/mol. The third kappa shape index (κ3) is 2.35. The second-order valence-corrected chi connectivity index (χ2v) is 3.11. The highest BCUT2D eigenvalue weighted by Gasteiger charge is 2.27. The highest BCUT2D eigenvalue weighted by atomic mass is 16.5. The molecule has 0 spiro atoms. The molecular weight excluding hydrogens is 150 g/mol. The molecule has 0 N–H and O–H groups in total. The molecule has 0 radical (unpaired) electrons. The lowest BCUT2D eigenvalue weighted by molar-refractivity contribution is 0.0613. The fraction of sp³-hybridized carbons (Fsp3) is 0.700. The van der Waals surface area contributed by atoms with Gasteiger partial charge in [0.15, 0.2) is 0 Å². The van der Waals surface area contributed by atoms with E-state index in [-0.39, 0.29) is 12.0 Å². The zero-order chi connectivity index (χ0) is 8.81. The second kappa shape index (κ2) is 4.95. The van der Waals surface area contributed by atoms with Crippen LogP contribution in [0.15, 0.2) is 12.2 Å². The summed E-state index contributed by atoms with van der Waals surface area (Å²) in [5, 5.41) is 8.74. The highest BCUT2D eigenvalue weighted by molar-refractivity contribution is 4.94. The van der Waals surface area contributed by atoms with Gasteiger partial charge in [0.1, 0.15) is 0 Å². The van der Waals surface area contributed by atoms with Crippen molar-refractivity contribution in [2.75, 3.05) is 6.61 Å². The lowest BCUT2D eigenvalue weighted by Gasteiger charge is -2.12. The van der Waals surface area contributed by atoms with Gasteiger partial charge >= 0.3 is 0 Å². The van der Waals surface area contributed by atoms with E-state index in [0.717, 1.165) is 19.3 Å². The van der Waals surface area contributed by atoms with Gasteiger partial charge in [-0.2, -0.15) is 5.26 Å². The van der Waals surface area contributed by atoms with E-state index in [1.807, 2.05) is 19.1 Å². The Labute approximate surface area is 73.8 Å². The predicted octanol–water partition coefficient (Wildman–Crippen LogP) is 2.27. The first-order valence-electron chi connectivity index (χ1n) is 4.51. The van der Waals surface area contributed by atoms with Gasteiger partial charge < -0.3 is 4.74 Å².